The third kappa shape index (κ3) is 3.54. The average Bonchev–Trinajstić information content (AvgIpc) is 3.14. The molecule has 1 amide bonds. The number of amides is 1. The van der Waals surface area contributed by atoms with Crippen LogP contribution in [0.15, 0.2) is 72.8 Å². The van der Waals surface area contributed by atoms with Gasteiger partial charge in [0.25, 0.3) is 0 Å². The summed E-state index contributed by atoms with van der Waals surface area (Å²) >= 11 is 1.43. The van der Waals surface area contributed by atoms with Gasteiger partial charge in [-0.3, -0.25) is 4.79 Å². The van der Waals surface area contributed by atoms with Crippen LogP contribution in [0.25, 0.3) is 10.2 Å². The maximum atomic E-state index is 13.3. The second-order valence-electron chi connectivity index (χ2n) is 6.73. The molecule has 1 aliphatic heterocycles. The zero-order valence-corrected chi connectivity index (χ0v) is 16.3. The third-order valence-corrected chi connectivity index (χ3v) is 5.74. The molecule has 0 saturated heterocycles. The van der Waals surface area contributed by atoms with Gasteiger partial charge in [0.2, 0.25) is 5.91 Å². The number of hydrogen-bond acceptors (Lipinski definition) is 5. The Morgan fingerprint density at radius 1 is 0.897 bits per heavy atom. The van der Waals surface area contributed by atoms with Crippen molar-refractivity contribution in [2.75, 3.05) is 18.5 Å². The second kappa shape index (κ2) is 7.56. The van der Waals surface area contributed by atoms with Gasteiger partial charge in [0.05, 0.1) is 16.1 Å². The molecule has 29 heavy (non-hydrogen) atoms. The van der Waals surface area contributed by atoms with Crippen molar-refractivity contribution in [3.8, 4) is 11.5 Å². The Morgan fingerprint density at radius 2 is 1.48 bits per heavy atom. The summed E-state index contributed by atoms with van der Waals surface area (Å²) in [5.74, 6) is 0.887. The highest BCUT2D eigenvalue weighted by atomic mass is 32.1. The first-order valence-corrected chi connectivity index (χ1v) is 10.2. The van der Waals surface area contributed by atoms with Crippen LogP contribution < -0.4 is 14.8 Å². The largest absolute Gasteiger partial charge is 0.486 e. The van der Waals surface area contributed by atoms with E-state index in [0.717, 1.165) is 27.1 Å². The van der Waals surface area contributed by atoms with Gasteiger partial charge in [0.15, 0.2) is 16.6 Å². The van der Waals surface area contributed by atoms with Crippen LogP contribution in [-0.4, -0.2) is 24.1 Å². The number of fused-ring (bicyclic) bond motifs is 2. The second-order valence-corrected chi connectivity index (χ2v) is 7.76. The van der Waals surface area contributed by atoms with E-state index in [0.29, 0.717) is 24.1 Å². The molecule has 1 aromatic heterocycles. The van der Waals surface area contributed by atoms with Crippen LogP contribution in [0.5, 0.6) is 11.5 Å². The Bertz CT molecular complexity index is 1080. The van der Waals surface area contributed by atoms with Gasteiger partial charge in [-0.1, -0.05) is 72.0 Å². The summed E-state index contributed by atoms with van der Waals surface area (Å²) in [7, 11) is 0. The van der Waals surface area contributed by atoms with Crippen molar-refractivity contribution in [2.24, 2.45) is 0 Å². The molecule has 0 fully saturated rings. The standard InChI is InChI=1S/C23H18N2O3S/c26-22(21(15-7-3-1-4-8-15)16-9-5-2-6-10-16)25-23-24-17-13-18-19(14-20(17)29-23)28-12-11-27-18/h1-10,13-14,21H,11-12H2,(H,24,25,26). The fourth-order valence-electron chi connectivity index (χ4n) is 3.48. The molecule has 5 nitrogen and oxygen atoms in total. The Labute approximate surface area is 171 Å². The van der Waals surface area contributed by atoms with Crippen LogP contribution in [-0.2, 0) is 4.79 Å². The molecule has 0 atom stereocenters. The molecule has 0 unspecified atom stereocenters. The molecule has 0 aliphatic carbocycles. The van der Waals surface area contributed by atoms with E-state index in [-0.39, 0.29) is 5.91 Å². The van der Waals surface area contributed by atoms with E-state index in [2.05, 4.69) is 10.3 Å². The van der Waals surface area contributed by atoms with Crippen LogP contribution in [0.3, 0.4) is 0 Å². The van der Waals surface area contributed by atoms with Crippen molar-refractivity contribution in [1.29, 1.82) is 0 Å². The highest BCUT2D eigenvalue weighted by Gasteiger charge is 2.24. The summed E-state index contributed by atoms with van der Waals surface area (Å²) in [6.45, 7) is 1.07. The molecular weight excluding hydrogens is 384 g/mol. The SMILES string of the molecule is O=C(Nc1nc2cc3c(cc2s1)OCCO3)C(c1ccccc1)c1ccccc1. The van der Waals surface area contributed by atoms with E-state index in [1.54, 1.807) is 0 Å². The Kier molecular flexibility index (Phi) is 4.62. The molecule has 4 aromatic rings. The van der Waals surface area contributed by atoms with Crippen LogP contribution in [0.1, 0.15) is 17.0 Å². The number of carbonyl (C=O) groups excluding carboxylic acids is 1. The van der Waals surface area contributed by atoms with Crippen LogP contribution in [0, 0.1) is 0 Å². The lowest BCUT2D eigenvalue weighted by Crippen LogP contribution is -2.22. The number of nitrogens with zero attached hydrogens (tertiary/aromatic N) is 1. The molecule has 1 aliphatic rings. The average molecular weight is 402 g/mol. The summed E-state index contributed by atoms with van der Waals surface area (Å²) in [4.78, 5) is 17.8. The smallest absolute Gasteiger partial charge is 0.238 e. The van der Waals surface area contributed by atoms with Crippen LogP contribution in [0.4, 0.5) is 5.13 Å². The number of nitrogens with one attached hydrogen (secondary N) is 1. The summed E-state index contributed by atoms with van der Waals surface area (Å²) in [6, 6.07) is 23.3. The van der Waals surface area contributed by atoms with E-state index in [9.17, 15) is 4.79 Å². The monoisotopic (exact) mass is 402 g/mol. The lowest BCUT2D eigenvalue weighted by atomic mass is 9.90. The number of carbonyl (C=O) groups is 1. The van der Waals surface area contributed by atoms with Gasteiger partial charge in [0.1, 0.15) is 13.2 Å². The highest BCUT2D eigenvalue weighted by Crippen LogP contribution is 2.38. The van der Waals surface area contributed by atoms with Gasteiger partial charge in [-0.2, -0.15) is 0 Å². The molecule has 0 spiro atoms. The molecule has 2 heterocycles. The summed E-state index contributed by atoms with van der Waals surface area (Å²) < 4.78 is 12.2. The summed E-state index contributed by atoms with van der Waals surface area (Å²) in [6.07, 6.45) is 0. The lowest BCUT2D eigenvalue weighted by Gasteiger charge is -2.17. The molecule has 3 aromatic carbocycles. The summed E-state index contributed by atoms with van der Waals surface area (Å²) in [5, 5.41) is 3.57. The van der Waals surface area contributed by atoms with Crippen molar-refractivity contribution in [2.45, 2.75) is 5.92 Å². The number of rotatable bonds is 4. The first-order valence-electron chi connectivity index (χ1n) is 9.39. The molecule has 6 heteroatoms. The Hall–Kier alpha value is -3.38. The number of aromatic nitrogens is 1. The van der Waals surface area contributed by atoms with Crippen LogP contribution >= 0.6 is 11.3 Å². The lowest BCUT2D eigenvalue weighted by molar-refractivity contribution is -0.116. The fraction of sp³-hybridized carbons (Fsp3) is 0.130. The van der Waals surface area contributed by atoms with Gasteiger partial charge in [-0.05, 0) is 11.1 Å². The van der Waals surface area contributed by atoms with Crippen molar-refractivity contribution < 1.29 is 14.3 Å². The van der Waals surface area contributed by atoms with Gasteiger partial charge in [-0.25, -0.2) is 4.98 Å². The van der Waals surface area contributed by atoms with Crippen molar-refractivity contribution in [3.63, 3.8) is 0 Å². The van der Waals surface area contributed by atoms with Gasteiger partial charge >= 0.3 is 0 Å². The van der Waals surface area contributed by atoms with E-state index in [1.165, 1.54) is 11.3 Å². The van der Waals surface area contributed by atoms with Crippen LogP contribution in [0.2, 0.25) is 0 Å². The minimum Gasteiger partial charge on any atom is -0.486 e. The highest BCUT2D eigenvalue weighted by molar-refractivity contribution is 7.22. The van der Waals surface area contributed by atoms with Crippen molar-refractivity contribution in [1.82, 2.24) is 4.98 Å². The minimum atomic E-state index is -0.413. The topological polar surface area (TPSA) is 60.5 Å². The number of thiazole rings is 1. The van der Waals surface area contributed by atoms with Gasteiger partial charge in [-0.15, -0.1) is 0 Å². The van der Waals surface area contributed by atoms with Crippen molar-refractivity contribution >= 4 is 32.6 Å². The number of hydrogen-bond donors (Lipinski definition) is 1. The van der Waals surface area contributed by atoms with E-state index in [1.807, 2.05) is 72.8 Å². The van der Waals surface area contributed by atoms with E-state index in [4.69, 9.17) is 9.47 Å². The first kappa shape index (κ1) is 17.7. The number of anilines is 1. The zero-order valence-electron chi connectivity index (χ0n) is 15.5. The fourth-order valence-corrected chi connectivity index (χ4v) is 4.36. The molecule has 144 valence electrons. The Morgan fingerprint density at radius 3 is 2.10 bits per heavy atom. The third-order valence-electron chi connectivity index (χ3n) is 4.81. The maximum Gasteiger partial charge on any atom is 0.238 e. The van der Waals surface area contributed by atoms with E-state index < -0.39 is 5.92 Å². The molecular formula is C23H18N2O3S. The van der Waals surface area contributed by atoms with E-state index >= 15 is 0 Å². The van der Waals surface area contributed by atoms with Gasteiger partial charge < -0.3 is 14.8 Å². The molecule has 5 rings (SSSR count). The van der Waals surface area contributed by atoms with Gasteiger partial charge in [0, 0.05) is 12.1 Å². The predicted molar refractivity (Wildman–Crippen MR) is 114 cm³/mol. The quantitative estimate of drug-likeness (QED) is 0.531. The molecule has 0 radical (unpaired) electrons. The predicted octanol–water partition coefficient (Wildman–Crippen LogP) is 4.84. The number of ether oxygens (including phenoxy) is 2. The Balaban J connectivity index is 1.47. The molecule has 0 bridgehead atoms. The molecule has 0 saturated carbocycles. The maximum absolute atomic E-state index is 13.3. The summed E-state index contributed by atoms with van der Waals surface area (Å²) in [5.41, 5.74) is 2.66. The zero-order chi connectivity index (χ0) is 19.6. The number of benzene rings is 3. The first-order chi connectivity index (χ1) is 14.3. The normalized spacial score (nSPS) is 12.9. The minimum absolute atomic E-state index is 0.112. The molecule has 1 N–H and O–H groups in total. The van der Waals surface area contributed by atoms with Crippen molar-refractivity contribution in [3.05, 3.63) is 83.9 Å².